The molecule has 1 heterocycles. The van der Waals surface area contributed by atoms with E-state index >= 15 is 0 Å². The third-order valence-electron chi connectivity index (χ3n) is 5.47. The Morgan fingerprint density at radius 2 is 1.28 bits per heavy atom. The molecule has 0 radical (unpaired) electrons. The van der Waals surface area contributed by atoms with Gasteiger partial charge in [-0.3, -0.25) is 0 Å². The summed E-state index contributed by atoms with van der Waals surface area (Å²) in [6.07, 6.45) is 3.11. The third-order valence-corrected chi connectivity index (χ3v) is 8.45. The summed E-state index contributed by atoms with van der Waals surface area (Å²) >= 11 is 13.3. The predicted molar refractivity (Wildman–Crippen MR) is 142 cm³/mol. The second kappa shape index (κ2) is 8.90. The van der Waals surface area contributed by atoms with E-state index in [1.54, 1.807) is 0 Å². The molecule has 0 spiro atoms. The van der Waals surface area contributed by atoms with Gasteiger partial charge in [0.2, 0.25) is 0 Å². The van der Waals surface area contributed by atoms with Gasteiger partial charge in [0.15, 0.2) is 9.84 Å². The van der Waals surface area contributed by atoms with Crippen molar-refractivity contribution >= 4 is 60.9 Å². The summed E-state index contributed by atoms with van der Waals surface area (Å²) in [7, 11) is -3.68. The van der Waals surface area contributed by atoms with Crippen molar-refractivity contribution in [1.29, 1.82) is 0 Å². The lowest BCUT2D eigenvalue weighted by Gasteiger charge is -2.42. The molecule has 0 fully saturated rings. The summed E-state index contributed by atoms with van der Waals surface area (Å²) in [6.45, 7) is 0. The first kappa shape index (κ1) is 22.9. The number of rotatable bonds is 4. The highest BCUT2D eigenvalue weighted by Gasteiger charge is 2.56. The van der Waals surface area contributed by atoms with E-state index in [2.05, 4.69) is 0 Å². The van der Waals surface area contributed by atoms with Crippen molar-refractivity contribution in [2.24, 2.45) is 0 Å². The molecule has 32 heavy (non-hydrogen) atoms. The van der Waals surface area contributed by atoms with Gasteiger partial charge in [-0.2, -0.15) is 0 Å². The largest absolute Gasteiger partial charge is 0.306 e. The fourth-order valence-corrected chi connectivity index (χ4v) is 6.77. The van der Waals surface area contributed by atoms with Gasteiger partial charge >= 0.3 is 0 Å². The Balaban J connectivity index is 2.19. The normalized spacial score (nSPS) is 15.8. The molecule has 1 aliphatic heterocycles. The summed E-state index contributed by atoms with van der Waals surface area (Å²) in [5.41, 5.74) is 1.92. The van der Waals surface area contributed by atoms with Crippen molar-refractivity contribution < 1.29 is 8.42 Å². The maximum Gasteiger partial charge on any atom is 0.178 e. The van der Waals surface area contributed by atoms with E-state index in [0.717, 1.165) is 16.7 Å². The second-order valence-corrected chi connectivity index (χ2v) is 11.2. The Labute approximate surface area is 204 Å². The number of sulfone groups is 1. The molecule has 0 aromatic heterocycles. The Morgan fingerprint density at radius 1 is 0.844 bits per heavy atom. The van der Waals surface area contributed by atoms with Gasteiger partial charge in [0.25, 0.3) is 0 Å². The first-order valence-electron chi connectivity index (χ1n) is 9.87. The average molecular weight is 496 g/mol. The van der Waals surface area contributed by atoms with E-state index in [4.69, 9.17) is 24.4 Å². The van der Waals surface area contributed by atoms with Gasteiger partial charge in [0.05, 0.1) is 10.6 Å². The Hall–Kier alpha value is -2.32. The fraction of sp³-hybridized carbons (Fsp3) is 0.120. The van der Waals surface area contributed by atoms with Crippen LogP contribution in [-0.4, -0.2) is 35.0 Å². The van der Waals surface area contributed by atoms with Crippen LogP contribution in [0.5, 0.6) is 0 Å². The van der Waals surface area contributed by atoms with Gasteiger partial charge in [-0.1, -0.05) is 127 Å². The van der Waals surface area contributed by atoms with Crippen LogP contribution in [-0.2, 0) is 15.4 Å². The molecule has 0 amide bonds. The van der Waals surface area contributed by atoms with Gasteiger partial charge in [0.1, 0.15) is 14.8 Å². The molecule has 0 atom stereocenters. The highest BCUT2D eigenvalue weighted by Crippen LogP contribution is 2.52. The van der Waals surface area contributed by atoms with E-state index in [-0.39, 0.29) is 4.91 Å². The van der Waals surface area contributed by atoms with Gasteiger partial charge in [-0.05, 0) is 22.9 Å². The van der Waals surface area contributed by atoms with Crippen LogP contribution in [0.15, 0.2) is 95.9 Å². The SMILES string of the molecule is CSC(=S)N1C(c2ccccc2)=C(S(C)(=O)=O)C(=S)C1(c1ccccc1)c1ccccc1. The predicted octanol–water partition coefficient (Wildman–Crippen LogP) is 5.68. The fourth-order valence-electron chi connectivity index (χ4n) is 4.21. The quantitative estimate of drug-likeness (QED) is 0.434. The third kappa shape index (κ3) is 3.63. The van der Waals surface area contributed by atoms with Crippen LogP contribution in [0.3, 0.4) is 0 Å². The van der Waals surface area contributed by atoms with Crippen LogP contribution < -0.4 is 0 Å². The number of hydrogen-bond donors (Lipinski definition) is 0. The number of thioether (sulfide) groups is 1. The zero-order valence-corrected chi connectivity index (χ0v) is 20.8. The van der Waals surface area contributed by atoms with Crippen molar-refractivity contribution in [3.8, 4) is 0 Å². The van der Waals surface area contributed by atoms with E-state index in [1.165, 1.54) is 18.0 Å². The molecule has 3 nitrogen and oxygen atoms in total. The van der Waals surface area contributed by atoms with Crippen molar-refractivity contribution in [2.45, 2.75) is 5.54 Å². The molecule has 0 unspecified atom stereocenters. The molecule has 0 saturated heterocycles. The zero-order valence-electron chi connectivity index (χ0n) is 17.6. The first-order valence-corrected chi connectivity index (χ1v) is 13.8. The summed E-state index contributed by atoms with van der Waals surface area (Å²) in [4.78, 5) is 2.40. The summed E-state index contributed by atoms with van der Waals surface area (Å²) in [6, 6.07) is 29.0. The monoisotopic (exact) mass is 495 g/mol. The summed E-state index contributed by atoms with van der Waals surface area (Å²) < 4.78 is 27.0. The molecule has 7 heteroatoms. The number of nitrogens with zero attached hydrogens (tertiary/aromatic N) is 1. The number of benzene rings is 3. The van der Waals surface area contributed by atoms with Crippen LogP contribution in [0.25, 0.3) is 5.70 Å². The summed E-state index contributed by atoms with van der Waals surface area (Å²) in [5.74, 6) is 0. The van der Waals surface area contributed by atoms with Crippen LogP contribution >= 0.6 is 36.2 Å². The number of hydrogen-bond acceptors (Lipinski definition) is 5. The first-order chi connectivity index (χ1) is 15.3. The minimum atomic E-state index is -3.68. The zero-order chi connectivity index (χ0) is 22.9. The molecule has 0 saturated carbocycles. The molecule has 1 aliphatic rings. The maximum atomic E-state index is 13.2. The van der Waals surface area contributed by atoms with Gasteiger partial charge < -0.3 is 4.90 Å². The molecular formula is C25H21NO2S4. The molecule has 162 valence electrons. The minimum absolute atomic E-state index is 0.141. The van der Waals surface area contributed by atoms with Crippen molar-refractivity contribution in [3.63, 3.8) is 0 Å². The Kier molecular flexibility index (Phi) is 6.36. The van der Waals surface area contributed by atoms with Crippen LogP contribution in [0, 0.1) is 0 Å². The average Bonchev–Trinajstić information content (AvgIpc) is 3.10. The lowest BCUT2D eigenvalue weighted by atomic mass is 9.80. The lowest BCUT2D eigenvalue weighted by Crippen LogP contribution is -2.48. The smallest absolute Gasteiger partial charge is 0.178 e. The molecule has 3 aromatic carbocycles. The molecular weight excluding hydrogens is 475 g/mol. The number of thiocarbonyl (C=S) groups is 2. The van der Waals surface area contributed by atoms with Crippen molar-refractivity contribution in [1.82, 2.24) is 4.90 Å². The van der Waals surface area contributed by atoms with E-state index < -0.39 is 15.4 Å². The molecule has 0 bridgehead atoms. The van der Waals surface area contributed by atoms with Crippen molar-refractivity contribution in [3.05, 3.63) is 113 Å². The lowest BCUT2D eigenvalue weighted by molar-refractivity contribution is 0.441. The highest BCUT2D eigenvalue weighted by atomic mass is 32.2. The summed E-state index contributed by atoms with van der Waals surface area (Å²) in [5, 5.41) is 0. The van der Waals surface area contributed by atoms with E-state index in [1.807, 2.05) is 102 Å². The topological polar surface area (TPSA) is 37.4 Å². The van der Waals surface area contributed by atoms with E-state index in [9.17, 15) is 8.42 Å². The minimum Gasteiger partial charge on any atom is -0.306 e. The Bertz CT molecular complexity index is 1260. The molecule has 4 rings (SSSR count). The van der Waals surface area contributed by atoms with Gasteiger partial charge in [-0.15, -0.1) is 0 Å². The van der Waals surface area contributed by atoms with Gasteiger partial charge in [0, 0.05) is 6.26 Å². The van der Waals surface area contributed by atoms with Crippen molar-refractivity contribution in [2.75, 3.05) is 12.5 Å². The second-order valence-electron chi connectivity index (χ2n) is 7.39. The Morgan fingerprint density at radius 3 is 1.69 bits per heavy atom. The van der Waals surface area contributed by atoms with E-state index in [0.29, 0.717) is 14.9 Å². The maximum absolute atomic E-state index is 13.2. The standard InChI is InChI=1S/C25H21NO2S4/c1-31-24(30)26-21(18-12-6-3-7-13-18)22(32(2,27)28)23(29)25(26,19-14-8-4-9-15-19)20-16-10-5-11-17-20/h3-17H,1-2H3. The van der Waals surface area contributed by atoms with Gasteiger partial charge in [-0.25, -0.2) is 8.42 Å². The highest BCUT2D eigenvalue weighted by molar-refractivity contribution is 8.22. The van der Waals surface area contributed by atoms with Crippen LogP contribution in [0.1, 0.15) is 16.7 Å². The van der Waals surface area contributed by atoms with Crippen LogP contribution in [0.2, 0.25) is 0 Å². The molecule has 3 aromatic rings. The molecule has 0 aliphatic carbocycles. The van der Waals surface area contributed by atoms with Crippen LogP contribution in [0.4, 0.5) is 0 Å². The molecule has 0 N–H and O–H groups in total.